The molecule has 2 aromatic rings. The van der Waals surface area contributed by atoms with Crippen molar-refractivity contribution in [2.75, 3.05) is 23.7 Å². The molecule has 0 spiro atoms. The fourth-order valence-electron chi connectivity index (χ4n) is 1.58. The molecule has 96 valence electrons. The molecule has 18 heavy (non-hydrogen) atoms. The minimum absolute atomic E-state index is 0.185. The first-order valence-corrected chi connectivity index (χ1v) is 6.44. The smallest absolute Gasteiger partial charge is 0.230 e. The van der Waals surface area contributed by atoms with Gasteiger partial charge in [0.1, 0.15) is 0 Å². The Labute approximate surface area is 113 Å². The molecule has 0 saturated heterocycles. The lowest BCUT2D eigenvalue weighted by Gasteiger charge is -2.18. The molecule has 2 N–H and O–H groups in total. The highest BCUT2D eigenvalue weighted by atomic mass is 79.9. The zero-order valence-corrected chi connectivity index (χ0v) is 11.8. The van der Waals surface area contributed by atoms with Crippen molar-refractivity contribution in [3.63, 3.8) is 0 Å². The van der Waals surface area contributed by atoms with Crippen LogP contribution in [0.2, 0.25) is 0 Å². The monoisotopic (exact) mass is 311 g/mol. The summed E-state index contributed by atoms with van der Waals surface area (Å²) in [5.74, 6) is 1.73. The Kier molecular flexibility index (Phi) is 3.81. The van der Waals surface area contributed by atoms with E-state index in [0.29, 0.717) is 17.5 Å². The first-order chi connectivity index (χ1) is 8.65. The fourth-order valence-corrected chi connectivity index (χ4v) is 1.96. The summed E-state index contributed by atoms with van der Waals surface area (Å²) >= 11 is 3.37. The Morgan fingerprint density at radius 2 is 2.00 bits per heavy atom. The van der Waals surface area contributed by atoms with Crippen LogP contribution in [-0.4, -0.2) is 28.0 Å². The molecule has 0 aliphatic rings. The van der Waals surface area contributed by atoms with Crippen LogP contribution >= 0.6 is 15.9 Å². The molecular formula is C11H14BrN5O. The molecule has 0 unspecified atom stereocenters. The quantitative estimate of drug-likeness (QED) is 0.933. The van der Waals surface area contributed by atoms with Crippen molar-refractivity contribution in [3.8, 4) is 11.6 Å². The molecule has 2 heterocycles. The molecule has 6 nitrogen and oxygen atoms in total. The van der Waals surface area contributed by atoms with E-state index in [1.165, 1.54) is 0 Å². The third-order valence-corrected chi connectivity index (χ3v) is 3.13. The second-order valence-corrected chi connectivity index (χ2v) is 4.44. The van der Waals surface area contributed by atoms with Gasteiger partial charge in [0.15, 0.2) is 5.76 Å². The molecule has 0 aliphatic carbocycles. The van der Waals surface area contributed by atoms with Gasteiger partial charge >= 0.3 is 0 Å². The van der Waals surface area contributed by atoms with Gasteiger partial charge in [-0.05, 0) is 35.8 Å². The molecule has 2 rings (SSSR count). The predicted molar refractivity (Wildman–Crippen MR) is 73.2 cm³/mol. The van der Waals surface area contributed by atoms with Crippen molar-refractivity contribution in [2.24, 2.45) is 0 Å². The summed E-state index contributed by atoms with van der Waals surface area (Å²) in [6.45, 7) is 5.68. The maximum absolute atomic E-state index is 5.72. The van der Waals surface area contributed by atoms with E-state index < -0.39 is 0 Å². The van der Waals surface area contributed by atoms with E-state index in [1.54, 1.807) is 12.3 Å². The Morgan fingerprint density at radius 1 is 1.28 bits per heavy atom. The highest BCUT2D eigenvalue weighted by molar-refractivity contribution is 9.10. The zero-order valence-electron chi connectivity index (χ0n) is 10.2. The van der Waals surface area contributed by atoms with Crippen LogP contribution in [0, 0.1) is 0 Å². The standard InChI is InChI=1S/C11H14BrN5O/c1-3-17(4-2)11-15-9(14-10(13)16-11)8-7(12)5-6-18-8/h5-6H,3-4H2,1-2H3,(H2,13,14,15,16). The van der Waals surface area contributed by atoms with Crippen molar-refractivity contribution in [2.45, 2.75) is 13.8 Å². The van der Waals surface area contributed by atoms with E-state index in [9.17, 15) is 0 Å². The summed E-state index contributed by atoms with van der Waals surface area (Å²) in [5, 5.41) is 0. The van der Waals surface area contributed by atoms with Crippen LogP contribution in [0.1, 0.15) is 13.8 Å². The lowest BCUT2D eigenvalue weighted by atomic mass is 10.4. The minimum atomic E-state index is 0.185. The Hall–Kier alpha value is -1.63. The number of furan rings is 1. The van der Waals surface area contributed by atoms with Gasteiger partial charge in [-0.25, -0.2) is 0 Å². The molecule has 0 radical (unpaired) electrons. The SMILES string of the molecule is CCN(CC)c1nc(N)nc(-c2occc2Br)n1. The number of hydrogen-bond acceptors (Lipinski definition) is 6. The van der Waals surface area contributed by atoms with E-state index in [0.717, 1.165) is 17.6 Å². The Bertz CT molecular complexity index is 538. The van der Waals surface area contributed by atoms with Crippen molar-refractivity contribution in [3.05, 3.63) is 16.8 Å². The number of aromatic nitrogens is 3. The van der Waals surface area contributed by atoms with Crippen LogP contribution < -0.4 is 10.6 Å². The second-order valence-electron chi connectivity index (χ2n) is 3.59. The van der Waals surface area contributed by atoms with Crippen molar-refractivity contribution >= 4 is 27.8 Å². The van der Waals surface area contributed by atoms with Gasteiger partial charge in [-0.1, -0.05) is 0 Å². The van der Waals surface area contributed by atoms with Crippen molar-refractivity contribution in [1.82, 2.24) is 15.0 Å². The number of nitrogens with zero attached hydrogens (tertiary/aromatic N) is 4. The van der Waals surface area contributed by atoms with Crippen LogP contribution in [0.5, 0.6) is 0 Å². The molecule has 0 bridgehead atoms. The predicted octanol–water partition coefficient (Wildman–Crippen LogP) is 2.32. The van der Waals surface area contributed by atoms with Gasteiger partial charge in [-0.15, -0.1) is 0 Å². The summed E-state index contributed by atoms with van der Waals surface area (Å²) in [7, 11) is 0. The highest BCUT2D eigenvalue weighted by Crippen LogP contribution is 2.27. The van der Waals surface area contributed by atoms with Gasteiger partial charge in [0, 0.05) is 13.1 Å². The van der Waals surface area contributed by atoms with Crippen LogP contribution in [0.25, 0.3) is 11.6 Å². The second kappa shape index (κ2) is 5.34. The number of nitrogens with two attached hydrogens (primary N) is 1. The van der Waals surface area contributed by atoms with Gasteiger partial charge < -0.3 is 15.1 Å². The average Bonchev–Trinajstić information content (AvgIpc) is 2.76. The van der Waals surface area contributed by atoms with E-state index in [4.69, 9.17) is 10.2 Å². The zero-order chi connectivity index (χ0) is 13.1. The van der Waals surface area contributed by atoms with E-state index in [-0.39, 0.29) is 5.95 Å². The first kappa shape index (κ1) is 12.8. The molecule has 0 aromatic carbocycles. The topological polar surface area (TPSA) is 81.1 Å². The molecule has 0 aliphatic heterocycles. The number of rotatable bonds is 4. The van der Waals surface area contributed by atoms with Crippen LogP contribution in [0.15, 0.2) is 21.2 Å². The van der Waals surface area contributed by atoms with Crippen LogP contribution in [0.3, 0.4) is 0 Å². The van der Waals surface area contributed by atoms with Crippen molar-refractivity contribution < 1.29 is 4.42 Å². The summed E-state index contributed by atoms with van der Waals surface area (Å²) in [4.78, 5) is 14.6. The highest BCUT2D eigenvalue weighted by Gasteiger charge is 2.15. The summed E-state index contributed by atoms with van der Waals surface area (Å²) in [6, 6.07) is 1.78. The molecule has 0 atom stereocenters. The molecule has 2 aromatic heterocycles. The summed E-state index contributed by atoms with van der Waals surface area (Å²) in [6.07, 6.45) is 1.57. The molecular weight excluding hydrogens is 298 g/mol. The number of hydrogen-bond donors (Lipinski definition) is 1. The number of nitrogen functional groups attached to an aromatic ring is 1. The normalized spacial score (nSPS) is 10.6. The lowest BCUT2D eigenvalue weighted by Crippen LogP contribution is -2.25. The lowest BCUT2D eigenvalue weighted by molar-refractivity contribution is 0.575. The maximum atomic E-state index is 5.72. The van der Waals surface area contributed by atoms with Gasteiger partial charge in [-0.2, -0.15) is 15.0 Å². The Balaban J connectivity index is 2.47. The molecule has 0 saturated carbocycles. The van der Waals surface area contributed by atoms with Gasteiger partial charge in [0.05, 0.1) is 10.7 Å². The third kappa shape index (κ3) is 2.45. The first-order valence-electron chi connectivity index (χ1n) is 5.65. The third-order valence-electron chi connectivity index (χ3n) is 2.51. The fraction of sp³-hybridized carbons (Fsp3) is 0.364. The van der Waals surface area contributed by atoms with Crippen LogP contribution in [0.4, 0.5) is 11.9 Å². The number of anilines is 2. The molecule has 0 amide bonds. The minimum Gasteiger partial charge on any atom is -0.460 e. The van der Waals surface area contributed by atoms with E-state index in [1.807, 2.05) is 18.7 Å². The van der Waals surface area contributed by atoms with Gasteiger partial charge in [-0.3, -0.25) is 0 Å². The Morgan fingerprint density at radius 3 is 2.56 bits per heavy atom. The van der Waals surface area contributed by atoms with Gasteiger partial charge in [0.25, 0.3) is 0 Å². The summed E-state index contributed by atoms with van der Waals surface area (Å²) < 4.78 is 6.12. The van der Waals surface area contributed by atoms with Crippen LogP contribution in [-0.2, 0) is 0 Å². The van der Waals surface area contributed by atoms with Gasteiger partial charge in [0.2, 0.25) is 17.7 Å². The number of halogens is 1. The van der Waals surface area contributed by atoms with Crippen molar-refractivity contribution in [1.29, 1.82) is 0 Å². The largest absolute Gasteiger partial charge is 0.460 e. The maximum Gasteiger partial charge on any atom is 0.230 e. The summed E-state index contributed by atoms with van der Waals surface area (Å²) in [5.41, 5.74) is 5.72. The van der Waals surface area contributed by atoms with E-state index >= 15 is 0 Å². The van der Waals surface area contributed by atoms with E-state index in [2.05, 4.69) is 30.9 Å². The molecule has 7 heteroatoms. The average molecular weight is 312 g/mol. The molecule has 0 fully saturated rings.